The molecule has 1 fully saturated rings. The number of hydrogen-bond acceptors (Lipinski definition) is 4. The molecule has 2 N–H and O–H groups in total. The zero-order valence-electron chi connectivity index (χ0n) is 10.8. The lowest BCUT2D eigenvalue weighted by Gasteiger charge is -2.32. The first-order chi connectivity index (χ1) is 9.16. The SMILES string of the molecule is C=CCCOCCNC(=O)N1CCSCC1C(=O)O. The summed E-state index contributed by atoms with van der Waals surface area (Å²) in [6, 6.07) is -1.07. The third kappa shape index (κ3) is 5.52. The Hall–Kier alpha value is -1.21. The molecule has 0 saturated carbocycles. The van der Waals surface area contributed by atoms with Crippen molar-refractivity contribution in [3.63, 3.8) is 0 Å². The van der Waals surface area contributed by atoms with Crippen LogP contribution in [0.4, 0.5) is 4.79 Å². The minimum atomic E-state index is -0.954. The predicted molar refractivity (Wildman–Crippen MR) is 74.5 cm³/mol. The Balaban J connectivity index is 2.27. The number of thioether (sulfide) groups is 1. The zero-order chi connectivity index (χ0) is 14.1. The summed E-state index contributed by atoms with van der Waals surface area (Å²) in [7, 11) is 0. The van der Waals surface area contributed by atoms with E-state index < -0.39 is 12.0 Å². The highest BCUT2D eigenvalue weighted by molar-refractivity contribution is 7.99. The molecule has 0 aromatic carbocycles. The zero-order valence-corrected chi connectivity index (χ0v) is 11.7. The minimum Gasteiger partial charge on any atom is -0.480 e. The molecule has 1 heterocycles. The third-order valence-electron chi connectivity index (χ3n) is 2.66. The molecule has 2 amide bonds. The maximum absolute atomic E-state index is 11.9. The molecule has 7 heteroatoms. The first-order valence-electron chi connectivity index (χ1n) is 6.20. The van der Waals surface area contributed by atoms with Crippen molar-refractivity contribution in [1.29, 1.82) is 0 Å². The minimum absolute atomic E-state index is 0.333. The normalized spacial score (nSPS) is 18.9. The second kappa shape index (κ2) is 8.82. The van der Waals surface area contributed by atoms with Gasteiger partial charge >= 0.3 is 12.0 Å². The summed E-state index contributed by atoms with van der Waals surface area (Å²) < 4.78 is 5.26. The smallest absolute Gasteiger partial charge is 0.327 e. The number of amides is 2. The maximum Gasteiger partial charge on any atom is 0.327 e. The molecule has 0 bridgehead atoms. The summed E-state index contributed by atoms with van der Waals surface area (Å²) in [6.07, 6.45) is 2.54. The molecule has 1 aliphatic rings. The summed E-state index contributed by atoms with van der Waals surface area (Å²) in [5, 5.41) is 11.7. The number of carboxylic acid groups (broad SMARTS) is 1. The molecule has 0 aromatic rings. The van der Waals surface area contributed by atoms with Crippen LogP contribution in [0.1, 0.15) is 6.42 Å². The molecule has 108 valence electrons. The topological polar surface area (TPSA) is 78.9 Å². The molecular weight excluding hydrogens is 268 g/mol. The van der Waals surface area contributed by atoms with Crippen LogP contribution in [0.15, 0.2) is 12.7 Å². The highest BCUT2D eigenvalue weighted by atomic mass is 32.2. The molecule has 0 aliphatic carbocycles. The Bertz CT molecular complexity index is 325. The average molecular weight is 288 g/mol. The fourth-order valence-electron chi connectivity index (χ4n) is 1.65. The number of hydrogen-bond donors (Lipinski definition) is 2. The highest BCUT2D eigenvalue weighted by Crippen LogP contribution is 2.16. The highest BCUT2D eigenvalue weighted by Gasteiger charge is 2.32. The Kier molecular flexibility index (Phi) is 7.35. The van der Waals surface area contributed by atoms with Gasteiger partial charge in [0.1, 0.15) is 6.04 Å². The van der Waals surface area contributed by atoms with Crippen LogP contribution < -0.4 is 5.32 Å². The van der Waals surface area contributed by atoms with Crippen LogP contribution in [0, 0.1) is 0 Å². The van der Waals surface area contributed by atoms with Crippen LogP contribution >= 0.6 is 11.8 Å². The molecule has 0 spiro atoms. The largest absolute Gasteiger partial charge is 0.480 e. The van der Waals surface area contributed by atoms with E-state index in [2.05, 4.69) is 11.9 Å². The Morgan fingerprint density at radius 1 is 1.53 bits per heavy atom. The summed E-state index contributed by atoms with van der Waals surface area (Å²) in [4.78, 5) is 24.3. The average Bonchev–Trinajstić information content (AvgIpc) is 2.42. The Labute approximate surface area is 117 Å². The molecule has 19 heavy (non-hydrogen) atoms. The van der Waals surface area contributed by atoms with Crippen LogP contribution in [0.5, 0.6) is 0 Å². The van der Waals surface area contributed by atoms with Crippen LogP contribution in [-0.2, 0) is 9.53 Å². The van der Waals surface area contributed by atoms with E-state index in [9.17, 15) is 9.59 Å². The quantitative estimate of drug-likeness (QED) is 0.535. The number of carbonyl (C=O) groups excluding carboxylic acids is 1. The fourth-order valence-corrected chi connectivity index (χ4v) is 2.69. The van der Waals surface area contributed by atoms with Crippen LogP contribution in [0.3, 0.4) is 0 Å². The van der Waals surface area contributed by atoms with Crippen LogP contribution in [0.2, 0.25) is 0 Å². The molecule has 0 aromatic heterocycles. The molecule has 1 rings (SSSR count). The van der Waals surface area contributed by atoms with Gasteiger partial charge in [-0.1, -0.05) is 6.08 Å². The lowest BCUT2D eigenvalue weighted by atomic mass is 10.3. The molecule has 1 aliphatic heterocycles. The van der Waals surface area contributed by atoms with Crippen LogP contribution in [0.25, 0.3) is 0 Å². The Morgan fingerprint density at radius 3 is 3.00 bits per heavy atom. The maximum atomic E-state index is 11.9. The van der Waals surface area contributed by atoms with Gasteiger partial charge in [0, 0.05) is 24.6 Å². The van der Waals surface area contributed by atoms with Gasteiger partial charge in [-0.15, -0.1) is 6.58 Å². The fraction of sp³-hybridized carbons (Fsp3) is 0.667. The second-order valence-electron chi connectivity index (χ2n) is 4.04. The van der Waals surface area contributed by atoms with Gasteiger partial charge in [0.15, 0.2) is 0 Å². The van der Waals surface area contributed by atoms with Crippen molar-refractivity contribution >= 4 is 23.8 Å². The summed E-state index contributed by atoms with van der Waals surface area (Å²) in [5.74, 6) is 0.260. The van der Waals surface area contributed by atoms with Crippen molar-refractivity contribution in [2.45, 2.75) is 12.5 Å². The van der Waals surface area contributed by atoms with E-state index in [1.807, 2.05) is 0 Å². The first kappa shape index (κ1) is 15.8. The summed E-state index contributed by atoms with van der Waals surface area (Å²) in [5.41, 5.74) is 0. The standard InChI is InChI=1S/C12H20N2O4S/c1-2-3-6-18-7-4-13-12(17)14-5-8-19-9-10(14)11(15)16/h2,10H,1,3-9H2,(H,13,17)(H,15,16). The summed E-state index contributed by atoms with van der Waals surface area (Å²) in [6.45, 7) is 5.42. The van der Waals surface area contributed by atoms with Gasteiger partial charge in [0.25, 0.3) is 0 Å². The van der Waals surface area contributed by atoms with Gasteiger partial charge < -0.3 is 20.1 Å². The number of urea groups is 1. The van der Waals surface area contributed by atoms with Crippen molar-refractivity contribution in [1.82, 2.24) is 10.2 Å². The first-order valence-corrected chi connectivity index (χ1v) is 7.36. The van der Waals surface area contributed by atoms with E-state index in [0.29, 0.717) is 32.1 Å². The van der Waals surface area contributed by atoms with Crippen molar-refractivity contribution in [3.8, 4) is 0 Å². The third-order valence-corrected chi connectivity index (χ3v) is 3.69. The van der Waals surface area contributed by atoms with Gasteiger partial charge in [-0.2, -0.15) is 11.8 Å². The van der Waals surface area contributed by atoms with E-state index in [0.717, 1.165) is 12.2 Å². The van der Waals surface area contributed by atoms with Gasteiger partial charge in [-0.3, -0.25) is 0 Å². The molecule has 1 unspecified atom stereocenters. The number of nitrogens with zero attached hydrogens (tertiary/aromatic N) is 1. The van der Waals surface area contributed by atoms with Crippen LogP contribution in [-0.4, -0.2) is 65.9 Å². The van der Waals surface area contributed by atoms with Gasteiger partial charge in [-0.25, -0.2) is 9.59 Å². The van der Waals surface area contributed by atoms with Crippen molar-refractivity contribution in [3.05, 3.63) is 12.7 Å². The van der Waals surface area contributed by atoms with Crippen molar-refractivity contribution < 1.29 is 19.4 Å². The van der Waals surface area contributed by atoms with Gasteiger partial charge in [0.05, 0.1) is 13.2 Å². The van der Waals surface area contributed by atoms with Crippen molar-refractivity contribution in [2.75, 3.05) is 37.8 Å². The number of carbonyl (C=O) groups is 2. The molecule has 0 radical (unpaired) electrons. The van der Waals surface area contributed by atoms with Gasteiger partial charge in [0.2, 0.25) is 0 Å². The second-order valence-corrected chi connectivity index (χ2v) is 5.19. The van der Waals surface area contributed by atoms with E-state index in [1.165, 1.54) is 4.90 Å². The number of carboxylic acids is 1. The van der Waals surface area contributed by atoms with Gasteiger partial charge in [-0.05, 0) is 6.42 Å². The van der Waals surface area contributed by atoms with E-state index in [1.54, 1.807) is 17.8 Å². The molecule has 1 saturated heterocycles. The number of ether oxygens (including phenoxy) is 1. The number of rotatable bonds is 7. The number of aliphatic carboxylic acids is 1. The monoisotopic (exact) mass is 288 g/mol. The van der Waals surface area contributed by atoms with E-state index in [4.69, 9.17) is 9.84 Å². The summed E-state index contributed by atoms with van der Waals surface area (Å²) >= 11 is 1.55. The lowest BCUT2D eigenvalue weighted by molar-refractivity contribution is -0.141. The Morgan fingerprint density at radius 2 is 2.32 bits per heavy atom. The van der Waals surface area contributed by atoms with Crippen molar-refractivity contribution in [2.24, 2.45) is 0 Å². The lowest BCUT2D eigenvalue weighted by Crippen LogP contribution is -2.54. The van der Waals surface area contributed by atoms with E-state index >= 15 is 0 Å². The molecular formula is C12H20N2O4S. The van der Waals surface area contributed by atoms with E-state index in [-0.39, 0.29) is 6.03 Å². The molecule has 6 nitrogen and oxygen atoms in total. The predicted octanol–water partition coefficient (Wildman–Crippen LogP) is 0.791. The number of nitrogens with one attached hydrogen (secondary N) is 1. The molecule has 1 atom stereocenters.